The molecule has 0 atom stereocenters. The highest BCUT2D eigenvalue weighted by Gasteiger charge is 2.15. The standard InChI is InChI=1S/C18H11N5OS/c1-2-6-12(7-3-1)23-11-21-18(22-23)25-17-16-15(19-10-20-17)13-8-4-5-9-14(13)24-16/h1-11H. The quantitative estimate of drug-likeness (QED) is 0.458. The Balaban J connectivity index is 1.55. The zero-order valence-corrected chi connectivity index (χ0v) is 13.7. The molecule has 0 radical (unpaired) electrons. The van der Waals surface area contributed by atoms with Crippen LogP contribution in [0.3, 0.4) is 0 Å². The zero-order valence-electron chi connectivity index (χ0n) is 12.9. The van der Waals surface area contributed by atoms with Gasteiger partial charge in [-0.2, -0.15) is 0 Å². The second-order valence-electron chi connectivity index (χ2n) is 5.36. The number of furan rings is 1. The summed E-state index contributed by atoms with van der Waals surface area (Å²) in [6.07, 6.45) is 3.23. The van der Waals surface area contributed by atoms with Gasteiger partial charge in [-0.3, -0.25) is 0 Å². The van der Waals surface area contributed by atoms with Gasteiger partial charge in [-0.15, -0.1) is 5.10 Å². The average molecular weight is 345 g/mol. The molecule has 0 unspecified atom stereocenters. The summed E-state index contributed by atoms with van der Waals surface area (Å²) in [5.74, 6) is 0. The highest BCUT2D eigenvalue weighted by Crippen LogP contribution is 2.34. The summed E-state index contributed by atoms with van der Waals surface area (Å²) in [4.78, 5) is 13.1. The first-order valence-corrected chi connectivity index (χ1v) is 8.47. The maximum atomic E-state index is 5.94. The molecule has 120 valence electrons. The third-order valence-electron chi connectivity index (χ3n) is 3.80. The fourth-order valence-corrected chi connectivity index (χ4v) is 3.39. The van der Waals surface area contributed by atoms with Crippen LogP contribution in [0.5, 0.6) is 0 Å². The Kier molecular flexibility index (Phi) is 3.24. The first-order chi connectivity index (χ1) is 12.4. The Bertz CT molecular complexity index is 1180. The van der Waals surface area contributed by atoms with Gasteiger partial charge in [0.05, 0.1) is 5.69 Å². The molecule has 0 bridgehead atoms. The third kappa shape index (κ3) is 2.45. The third-order valence-corrected chi connectivity index (χ3v) is 4.66. The van der Waals surface area contributed by atoms with Crippen molar-refractivity contribution < 1.29 is 4.42 Å². The number of hydrogen-bond donors (Lipinski definition) is 0. The average Bonchev–Trinajstić information content (AvgIpc) is 3.28. The molecule has 0 amide bonds. The molecule has 0 aliphatic rings. The van der Waals surface area contributed by atoms with Gasteiger partial charge < -0.3 is 4.42 Å². The molecule has 5 aromatic rings. The first kappa shape index (κ1) is 14.2. The van der Waals surface area contributed by atoms with Crippen LogP contribution in [0.15, 0.2) is 81.9 Å². The van der Waals surface area contributed by atoms with E-state index >= 15 is 0 Å². The van der Waals surface area contributed by atoms with Crippen LogP contribution < -0.4 is 0 Å². The molecule has 6 nitrogen and oxygen atoms in total. The van der Waals surface area contributed by atoms with Gasteiger partial charge in [-0.05, 0) is 36.0 Å². The van der Waals surface area contributed by atoms with Crippen molar-refractivity contribution in [3.63, 3.8) is 0 Å². The minimum absolute atomic E-state index is 0.601. The smallest absolute Gasteiger partial charge is 0.215 e. The maximum Gasteiger partial charge on any atom is 0.215 e. The van der Waals surface area contributed by atoms with Crippen LogP contribution in [-0.2, 0) is 0 Å². The van der Waals surface area contributed by atoms with Crippen LogP contribution >= 0.6 is 11.8 Å². The van der Waals surface area contributed by atoms with Crippen molar-refractivity contribution in [2.45, 2.75) is 10.2 Å². The second-order valence-corrected chi connectivity index (χ2v) is 6.32. The van der Waals surface area contributed by atoms with E-state index in [1.54, 1.807) is 17.3 Å². The summed E-state index contributed by atoms with van der Waals surface area (Å²) in [7, 11) is 0. The highest BCUT2D eigenvalue weighted by molar-refractivity contribution is 7.99. The van der Waals surface area contributed by atoms with Crippen LogP contribution in [0.4, 0.5) is 0 Å². The lowest BCUT2D eigenvalue weighted by Gasteiger charge is -1.98. The molecule has 0 aliphatic heterocycles. The van der Waals surface area contributed by atoms with Crippen LogP contribution in [-0.4, -0.2) is 24.7 Å². The van der Waals surface area contributed by atoms with E-state index in [9.17, 15) is 0 Å². The highest BCUT2D eigenvalue weighted by atomic mass is 32.2. The maximum absolute atomic E-state index is 5.94. The molecule has 3 aromatic heterocycles. The summed E-state index contributed by atoms with van der Waals surface area (Å²) in [6, 6.07) is 17.7. The van der Waals surface area contributed by atoms with Gasteiger partial charge in [0.25, 0.3) is 0 Å². The largest absolute Gasteiger partial charge is 0.451 e. The number of nitrogens with zero attached hydrogens (tertiary/aromatic N) is 5. The molecule has 0 spiro atoms. The van der Waals surface area contributed by atoms with Crippen molar-refractivity contribution in [1.29, 1.82) is 0 Å². The monoisotopic (exact) mass is 345 g/mol. The fourth-order valence-electron chi connectivity index (χ4n) is 2.66. The van der Waals surface area contributed by atoms with Crippen LogP contribution in [0, 0.1) is 0 Å². The van der Waals surface area contributed by atoms with Crippen LogP contribution in [0.2, 0.25) is 0 Å². The van der Waals surface area contributed by atoms with Gasteiger partial charge in [-0.25, -0.2) is 19.6 Å². The predicted molar refractivity (Wildman–Crippen MR) is 94.8 cm³/mol. The van der Waals surface area contributed by atoms with E-state index in [1.807, 2.05) is 54.6 Å². The number of aromatic nitrogens is 5. The molecule has 0 fully saturated rings. The number of rotatable bonds is 3. The molecular formula is C18H11N5OS. The molecule has 5 rings (SSSR count). The molecule has 0 N–H and O–H groups in total. The Morgan fingerprint density at radius 1 is 0.880 bits per heavy atom. The first-order valence-electron chi connectivity index (χ1n) is 7.66. The van der Waals surface area contributed by atoms with Gasteiger partial charge in [0, 0.05) is 5.39 Å². The molecule has 0 aliphatic carbocycles. The molecule has 7 heteroatoms. The lowest BCUT2D eigenvalue weighted by atomic mass is 10.2. The number of hydrogen-bond acceptors (Lipinski definition) is 6. The van der Waals surface area contributed by atoms with E-state index in [1.165, 1.54) is 11.8 Å². The topological polar surface area (TPSA) is 69.6 Å². The van der Waals surface area contributed by atoms with Crippen molar-refractivity contribution in [1.82, 2.24) is 24.7 Å². The van der Waals surface area contributed by atoms with E-state index in [4.69, 9.17) is 4.42 Å². The number of benzene rings is 2. The summed E-state index contributed by atoms with van der Waals surface area (Å²) in [6.45, 7) is 0. The lowest BCUT2D eigenvalue weighted by molar-refractivity contribution is 0.653. The second kappa shape index (κ2) is 5.71. The predicted octanol–water partition coefficient (Wildman–Crippen LogP) is 4.11. The molecule has 2 aromatic carbocycles. The molecule has 0 saturated heterocycles. The molecule has 25 heavy (non-hydrogen) atoms. The van der Waals surface area contributed by atoms with E-state index in [0.29, 0.717) is 15.8 Å². The Morgan fingerprint density at radius 3 is 2.64 bits per heavy atom. The van der Waals surface area contributed by atoms with Crippen molar-refractivity contribution in [2.75, 3.05) is 0 Å². The summed E-state index contributed by atoms with van der Waals surface area (Å²) in [5, 5.41) is 6.78. The van der Waals surface area contributed by atoms with Crippen LogP contribution in [0.25, 0.3) is 27.8 Å². The van der Waals surface area contributed by atoms with Crippen molar-refractivity contribution in [3.05, 3.63) is 67.3 Å². The summed E-state index contributed by atoms with van der Waals surface area (Å²) in [5.41, 5.74) is 3.21. The van der Waals surface area contributed by atoms with E-state index in [0.717, 1.165) is 22.2 Å². The van der Waals surface area contributed by atoms with Gasteiger partial charge >= 0.3 is 0 Å². The van der Waals surface area contributed by atoms with Crippen molar-refractivity contribution in [2.24, 2.45) is 0 Å². The summed E-state index contributed by atoms with van der Waals surface area (Å²) < 4.78 is 7.67. The van der Waals surface area contributed by atoms with Gasteiger partial charge in [-0.1, -0.05) is 30.3 Å². The zero-order chi connectivity index (χ0) is 16.6. The fraction of sp³-hybridized carbons (Fsp3) is 0. The Hall–Kier alpha value is -3.19. The minimum Gasteiger partial charge on any atom is -0.451 e. The number of para-hydroxylation sites is 2. The van der Waals surface area contributed by atoms with Gasteiger partial charge in [0.2, 0.25) is 5.16 Å². The van der Waals surface area contributed by atoms with Crippen LogP contribution in [0.1, 0.15) is 0 Å². The lowest BCUT2D eigenvalue weighted by Crippen LogP contribution is -1.93. The van der Waals surface area contributed by atoms with E-state index < -0.39 is 0 Å². The van der Waals surface area contributed by atoms with Gasteiger partial charge in [0.15, 0.2) is 10.6 Å². The minimum atomic E-state index is 0.601. The molecule has 3 heterocycles. The normalized spacial score (nSPS) is 11.4. The Morgan fingerprint density at radius 2 is 1.72 bits per heavy atom. The summed E-state index contributed by atoms with van der Waals surface area (Å²) >= 11 is 1.36. The SMILES string of the molecule is c1ccc(-n2cnc(Sc3ncnc4c3oc3ccccc34)n2)cc1. The number of fused-ring (bicyclic) bond motifs is 3. The van der Waals surface area contributed by atoms with E-state index in [-0.39, 0.29) is 0 Å². The molecular weight excluding hydrogens is 334 g/mol. The van der Waals surface area contributed by atoms with Crippen molar-refractivity contribution in [3.8, 4) is 5.69 Å². The Labute approximate surface area is 146 Å². The van der Waals surface area contributed by atoms with Crippen molar-refractivity contribution >= 4 is 33.8 Å². The van der Waals surface area contributed by atoms with Gasteiger partial charge in [0.1, 0.15) is 23.8 Å². The molecule has 0 saturated carbocycles. The van der Waals surface area contributed by atoms with E-state index in [2.05, 4.69) is 20.1 Å².